The van der Waals surface area contributed by atoms with E-state index >= 15 is 0 Å². The molecule has 1 N–H and O–H groups in total. The minimum Gasteiger partial charge on any atom is -0.469 e. The zero-order valence-corrected chi connectivity index (χ0v) is 13.6. The van der Waals surface area contributed by atoms with Crippen LogP contribution in [0.15, 0.2) is 24.3 Å². The molecular formula is C17H21FN2O4. The van der Waals surface area contributed by atoms with Crippen molar-refractivity contribution in [1.82, 2.24) is 10.2 Å². The Kier molecular flexibility index (Phi) is 6.28. The second-order valence-electron chi connectivity index (χ2n) is 5.71. The van der Waals surface area contributed by atoms with Gasteiger partial charge in [0.15, 0.2) is 0 Å². The molecule has 2 rings (SSSR count). The van der Waals surface area contributed by atoms with Crippen LogP contribution in [0.2, 0.25) is 0 Å². The molecule has 2 amide bonds. The maximum Gasteiger partial charge on any atom is 0.306 e. The van der Waals surface area contributed by atoms with Crippen LogP contribution in [0.25, 0.3) is 0 Å². The fourth-order valence-electron chi connectivity index (χ4n) is 2.61. The number of carbonyl (C=O) groups is 3. The number of methoxy groups -OCH3 is 1. The molecule has 1 aliphatic rings. The number of carbonyl (C=O) groups excluding carboxylic acids is 3. The normalized spacial score (nSPS) is 15.0. The summed E-state index contributed by atoms with van der Waals surface area (Å²) in [6.45, 7) is 1.07. The van der Waals surface area contributed by atoms with E-state index in [1.165, 1.54) is 31.4 Å². The molecule has 0 bridgehead atoms. The number of likely N-dealkylation sites (tertiary alicyclic amines) is 1. The second-order valence-corrected chi connectivity index (χ2v) is 5.71. The van der Waals surface area contributed by atoms with Gasteiger partial charge in [-0.3, -0.25) is 14.4 Å². The molecule has 24 heavy (non-hydrogen) atoms. The van der Waals surface area contributed by atoms with Crippen molar-refractivity contribution >= 4 is 17.8 Å². The minimum atomic E-state index is -0.398. The number of halogens is 1. The smallest absolute Gasteiger partial charge is 0.306 e. The van der Waals surface area contributed by atoms with E-state index in [0.29, 0.717) is 31.5 Å². The van der Waals surface area contributed by atoms with E-state index in [4.69, 9.17) is 0 Å². The first-order valence-electron chi connectivity index (χ1n) is 7.90. The molecule has 0 saturated carbocycles. The van der Waals surface area contributed by atoms with E-state index in [-0.39, 0.29) is 36.5 Å². The Morgan fingerprint density at radius 1 is 1.17 bits per heavy atom. The van der Waals surface area contributed by atoms with Crippen LogP contribution in [-0.4, -0.2) is 48.9 Å². The van der Waals surface area contributed by atoms with Crippen LogP contribution in [0.1, 0.15) is 36.0 Å². The summed E-state index contributed by atoms with van der Waals surface area (Å²) in [5.74, 6) is -1.11. The third-order valence-corrected chi connectivity index (χ3v) is 4.06. The molecule has 0 spiro atoms. The SMILES string of the molecule is COC(=O)CCC(=O)N1CCC(NC(=O)c2ccc(F)cc2)CC1. The summed E-state index contributed by atoms with van der Waals surface area (Å²) in [6, 6.07) is 5.36. The number of ether oxygens (including phenoxy) is 1. The van der Waals surface area contributed by atoms with Crippen LogP contribution in [0, 0.1) is 5.82 Å². The van der Waals surface area contributed by atoms with Crippen molar-refractivity contribution in [1.29, 1.82) is 0 Å². The Bertz CT molecular complexity index is 595. The third kappa shape index (κ3) is 5.04. The zero-order valence-electron chi connectivity index (χ0n) is 13.6. The Hall–Kier alpha value is -2.44. The highest BCUT2D eigenvalue weighted by Crippen LogP contribution is 2.13. The molecule has 7 heteroatoms. The molecule has 0 aliphatic carbocycles. The maximum atomic E-state index is 12.9. The van der Waals surface area contributed by atoms with E-state index < -0.39 is 5.97 Å². The first-order valence-corrected chi connectivity index (χ1v) is 7.90. The Morgan fingerprint density at radius 3 is 2.38 bits per heavy atom. The molecule has 0 aromatic heterocycles. The molecule has 0 radical (unpaired) electrons. The van der Waals surface area contributed by atoms with E-state index in [1.54, 1.807) is 4.90 Å². The van der Waals surface area contributed by atoms with Gasteiger partial charge in [-0.1, -0.05) is 0 Å². The molecule has 1 saturated heterocycles. The number of nitrogens with zero attached hydrogens (tertiary/aromatic N) is 1. The third-order valence-electron chi connectivity index (χ3n) is 4.06. The van der Waals surface area contributed by atoms with Gasteiger partial charge in [0.1, 0.15) is 5.82 Å². The largest absolute Gasteiger partial charge is 0.469 e. The molecule has 6 nitrogen and oxygen atoms in total. The van der Waals surface area contributed by atoms with Crippen LogP contribution in [0.3, 0.4) is 0 Å². The van der Waals surface area contributed by atoms with Crippen molar-refractivity contribution in [2.24, 2.45) is 0 Å². The summed E-state index contributed by atoms with van der Waals surface area (Å²) in [4.78, 5) is 36.8. The number of hydrogen-bond donors (Lipinski definition) is 1. The van der Waals surface area contributed by atoms with Gasteiger partial charge < -0.3 is 15.0 Å². The van der Waals surface area contributed by atoms with E-state index in [1.807, 2.05) is 0 Å². The predicted octanol–water partition coefficient (Wildman–Crippen LogP) is 1.50. The van der Waals surface area contributed by atoms with Gasteiger partial charge in [-0.2, -0.15) is 0 Å². The highest BCUT2D eigenvalue weighted by molar-refractivity contribution is 5.94. The lowest BCUT2D eigenvalue weighted by Gasteiger charge is -2.32. The van der Waals surface area contributed by atoms with Crippen molar-refractivity contribution in [2.45, 2.75) is 31.7 Å². The summed E-state index contributed by atoms with van der Waals surface area (Å²) < 4.78 is 17.4. The van der Waals surface area contributed by atoms with Crippen molar-refractivity contribution in [3.05, 3.63) is 35.6 Å². The number of benzene rings is 1. The Balaban J connectivity index is 1.76. The lowest BCUT2D eigenvalue weighted by atomic mass is 10.0. The fourth-order valence-corrected chi connectivity index (χ4v) is 2.61. The maximum absolute atomic E-state index is 12.9. The van der Waals surface area contributed by atoms with Crippen molar-refractivity contribution in [3.63, 3.8) is 0 Å². The summed E-state index contributed by atoms with van der Waals surface area (Å²) in [5, 5.41) is 2.90. The van der Waals surface area contributed by atoms with Gasteiger partial charge in [0.2, 0.25) is 5.91 Å². The van der Waals surface area contributed by atoms with Crippen molar-refractivity contribution < 1.29 is 23.5 Å². The van der Waals surface area contributed by atoms with Gasteiger partial charge in [0, 0.05) is 31.1 Å². The minimum absolute atomic E-state index is 0.0211. The van der Waals surface area contributed by atoms with E-state index in [2.05, 4.69) is 10.1 Å². The summed E-state index contributed by atoms with van der Waals surface area (Å²) in [6.07, 6.45) is 1.52. The van der Waals surface area contributed by atoms with Gasteiger partial charge in [-0.25, -0.2) is 4.39 Å². The van der Waals surface area contributed by atoms with Crippen LogP contribution in [0.4, 0.5) is 4.39 Å². The van der Waals surface area contributed by atoms with Crippen molar-refractivity contribution in [3.8, 4) is 0 Å². The molecule has 1 fully saturated rings. The molecule has 0 atom stereocenters. The zero-order chi connectivity index (χ0) is 17.5. The van der Waals surface area contributed by atoms with Crippen LogP contribution in [-0.2, 0) is 14.3 Å². The monoisotopic (exact) mass is 336 g/mol. The predicted molar refractivity (Wildman–Crippen MR) is 84.7 cm³/mol. The fraction of sp³-hybridized carbons (Fsp3) is 0.471. The molecule has 1 aromatic rings. The highest BCUT2D eigenvalue weighted by atomic mass is 19.1. The van der Waals surface area contributed by atoms with Crippen LogP contribution >= 0.6 is 0 Å². The number of rotatable bonds is 5. The first kappa shape index (κ1) is 17.9. The molecular weight excluding hydrogens is 315 g/mol. The lowest BCUT2D eigenvalue weighted by Crippen LogP contribution is -2.46. The quantitative estimate of drug-likeness (QED) is 0.827. The number of nitrogens with one attached hydrogen (secondary N) is 1. The van der Waals surface area contributed by atoms with Gasteiger partial charge in [-0.05, 0) is 37.1 Å². The van der Waals surface area contributed by atoms with E-state index in [9.17, 15) is 18.8 Å². The molecule has 0 unspecified atom stereocenters. The highest BCUT2D eigenvalue weighted by Gasteiger charge is 2.24. The van der Waals surface area contributed by atoms with Crippen molar-refractivity contribution in [2.75, 3.05) is 20.2 Å². The summed E-state index contributed by atoms with van der Waals surface area (Å²) in [5.41, 5.74) is 0.410. The average molecular weight is 336 g/mol. The standard InChI is InChI=1S/C17H21FN2O4/c1-24-16(22)7-6-15(21)20-10-8-14(9-11-20)19-17(23)12-2-4-13(18)5-3-12/h2-5,14H,6-11H2,1H3,(H,19,23). The molecule has 1 heterocycles. The lowest BCUT2D eigenvalue weighted by molar-refractivity contribution is -0.143. The number of amides is 2. The van der Waals surface area contributed by atoms with Gasteiger partial charge in [0.25, 0.3) is 5.91 Å². The molecule has 130 valence electrons. The van der Waals surface area contributed by atoms with E-state index in [0.717, 1.165) is 0 Å². The Labute approximate surface area is 140 Å². The number of esters is 1. The van der Waals surface area contributed by atoms with Gasteiger partial charge >= 0.3 is 5.97 Å². The molecule has 1 aliphatic heterocycles. The average Bonchev–Trinajstić information content (AvgIpc) is 2.60. The first-order chi connectivity index (χ1) is 11.5. The molecule has 1 aromatic carbocycles. The number of piperidine rings is 1. The van der Waals surface area contributed by atoms with Crippen LogP contribution in [0.5, 0.6) is 0 Å². The summed E-state index contributed by atoms with van der Waals surface area (Å²) in [7, 11) is 1.29. The second kappa shape index (κ2) is 8.42. The Morgan fingerprint density at radius 2 is 1.79 bits per heavy atom. The van der Waals surface area contributed by atoms with Gasteiger partial charge in [-0.15, -0.1) is 0 Å². The number of hydrogen-bond acceptors (Lipinski definition) is 4. The summed E-state index contributed by atoms with van der Waals surface area (Å²) >= 11 is 0. The van der Waals surface area contributed by atoms with Gasteiger partial charge in [0.05, 0.1) is 13.5 Å². The van der Waals surface area contributed by atoms with Crippen LogP contribution < -0.4 is 5.32 Å². The topological polar surface area (TPSA) is 75.7 Å².